The summed E-state index contributed by atoms with van der Waals surface area (Å²) in [5.74, 6) is 0.382. The standard InChI is InChI=1S/C17H25N7O2/c1-18-17-19-8-12(9-20-17)16(26)23-5-4-6-24-13(10-23)7-14(21-24)15(25)11-22(2)3/h7-9,15,25H,4-6,10-11H2,1-3H3,(H,18,19,20)/t15-/m0/s1. The van der Waals surface area contributed by atoms with Crippen LogP contribution in [0.3, 0.4) is 0 Å². The molecule has 0 radical (unpaired) electrons. The van der Waals surface area contributed by atoms with E-state index in [1.54, 1.807) is 11.9 Å². The van der Waals surface area contributed by atoms with Gasteiger partial charge in [0.05, 0.1) is 23.5 Å². The highest BCUT2D eigenvalue weighted by Crippen LogP contribution is 2.20. The Kier molecular flexibility index (Phi) is 5.48. The Balaban J connectivity index is 1.76. The summed E-state index contributed by atoms with van der Waals surface area (Å²) in [5, 5.41) is 17.7. The second-order valence-corrected chi connectivity index (χ2v) is 6.69. The van der Waals surface area contributed by atoms with Gasteiger partial charge in [-0.05, 0) is 26.6 Å². The van der Waals surface area contributed by atoms with E-state index in [1.165, 1.54) is 12.4 Å². The largest absolute Gasteiger partial charge is 0.385 e. The number of nitrogens with one attached hydrogen (secondary N) is 1. The Hall–Kier alpha value is -2.52. The lowest BCUT2D eigenvalue weighted by molar-refractivity contribution is 0.0745. The fourth-order valence-electron chi connectivity index (χ4n) is 3.01. The summed E-state index contributed by atoms with van der Waals surface area (Å²) in [6.45, 7) is 2.33. The third kappa shape index (κ3) is 4.00. The van der Waals surface area contributed by atoms with Crippen molar-refractivity contribution in [2.24, 2.45) is 0 Å². The van der Waals surface area contributed by atoms with Crippen molar-refractivity contribution < 1.29 is 9.90 Å². The number of hydrogen-bond acceptors (Lipinski definition) is 7. The van der Waals surface area contributed by atoms with Crippen LogP contribution in [0.4, 0.5) is 5.95 Å². The topological polar surface area (TPSA) is 99.4 Å². The lowest BCUT2D eigenvalue weighted by Crippen LogP contribution is -2.31. The van der Waals surface area contributed by atoms with Crippen LogP contribution < -0.4 is 5.32 Å². The Morgan fingerprint density at radius 2 is 2.08 bits per heavy atom. The molecule has 3 heterocycles. The number of amides is 1. The molecule has 0 fully saturated rings. The molecule has 1 aliphatic rings. The Morgan fingerprint density at radius 3 is 2.73 bits per heavy atom. The summed E-state index contributed by atoms with van der Waals surface area (Å²) in [7, 11) is 5.55. The average Bonchev–Trinajstić information content (AvgIpc) is 2.92. The normalized spacial score (nSPS) is 15.5. The molecule has 2 N–H and O–H groups in total. The molecule has 9 heteroatoms. The van der Waals surface area contributed by atoms with E-state index < -0.39 is 6.10 Å². The SMILES string of the molecule is CNc1ncc(C(=O)N2CCCn3nc([C@@H](O)CN(C)C)cc3C2)cn1. The van der Waals surface area contributed by atoms with Crippen molar-refractivity contribution in [3.8, 4) is 0 Å². The molecular weight excluding hydrogens is 334 g/mol. The van der Waals surface area contributed by atoms with Gasteiger partial charge in [0.25, 0.3) is 5.91 Å². The van der Waals surface area contributed by atoms with Crippen molar-refractivity contribution in [2.75, 3.05) is 39.5 Å². The van der Waals surface area contributed by atoms with Crippen molar-refractivity contribution in [2.45, 2.75) is 25.6 Å². The monoisotopic (exact) mass is 359 g/mol. The van der Waals surface area contributed by atoms with Crippen LogP contribution in [0.25, 0.3) is 0 Å². The van der Waals surface area contributed by atoms with Crippen LogP contribution in [0, 0.1) is 0 Å². The highest BCUT2D eigenvalue weighted by molar-refractivity contribution is 5.93. The molecule has 0 saturated heterocycles. The third-order valence-electron chi connectivity index (χ3n) is 4.32. The van der Waals surface area contributed by atoms with Crippen LogP contribution in [-0.4, -0.2) is 74.8 Å². The second-order valence-electron chi connectivity index (χ2n) is 6.69. The fourth-order valence-corrected chi connectivity index (χ4v) is 3.01. The first kappa shape index (κ1) is 18.3. The summed E-state index contributed by atoms with van der Waals surface area (Å²) in [6, 6.07) is 1.89. The van der Waals surface area contributed by atoms with Gasteiger partial charge < -0.3 is 20.2 Å². The number of hydrogen-bond donors (Lipinski definition) is 2. The van der Waals surface area contributed by atoms with Gasteiger partial charge in [-0.25, -0.2) is 9.97 Å². The third-order valence-corrected chi connectivity index (χ3v) is 4.32. The highest BCUT2D eigenvalue weighted by Gasteiger charge is 2.24. The summed E-state index contributed by atoms with van der Waals surface area (Å²) in [4.78, 5) is 24.7. The van der Waals surface area contributed by atoms with Crippen LogP contribution >= 0.6 is 0 Å². The van der Waals surface area contributed by atoms with Gasteiger partial charge in [-0.1, -0.05) is 0 Å². The number of aliphatic hydroxyl groups excluding tert-OH is 1. The number of anilines is 1. The number of rotatable bonds is 5. The molecule has 1 atom stereocenters. The van der Waals surface area contributed by atoms with Gasteiger partial charge in [-0.3, -0.25) is 9.48 Å². The van der Waals surface area contributed by atoms with Crippen LogP contribution in [-0.2, 0) is 13.1 Å². The Bertz CT molecular complexity index is 757. The van der Waals surface area contributed by atoms with Crippen molar-refractivity contribution in [1.29, 1.82) is 0 Å². The van der Waals surface area contributed by atoms with Gasteiger partial charge in [0.2, 0.25) is 5.95 Å². The smallest absolute Gasteiger partial charge is 0.257 e. The predicted octanol–water partition coefficient (Wildman–Crippen LogP) is 0.356. The van der Waals surface area contributed by atoms with E-state index in [-0.39, 0.29) is 5.91 Å². The molecule has 26 heavy (non-hydrogen) atoms. The number of aliphatic hydroxyl groups is 1. The lowest BCUT2D eigenvalue weighted by Gasteiger charge is -2.19. The van der Waals surface area contributed by atoms with Gasteiger partial charge in [0.1, 0.15) is 6.10 Å². The maximum absolute atomic E-state index is 12.8. The number of likely N-dealkylation sites (N-methyl/N-ethyl adjacent to an activating group) is 1. The molecule has 0 saturated carbocycles. The molecule has 9 nitrogen and oxygen atoms in total. The minimum atomic E-state index is -0.643. The first-order valence-corrected chi connectivity index (χ1v) is 8.66. The van der Waals surface area contributed by atoms with Crippen LogP contribution in [0.2, 0.25) is 0 Å². The summed E-state index contributed by atoms with van der Waals surface area (Å²) in [6.07, 6.45) is 3.24. The zero-order valence-electron chi connectivity index (χ0n) is 15.4. The maximum Gasteiger partial charge on any atom is 0.257 e. The van der Waals surface area contributed by atoms with Gasteiger partial charge in [0, 0.05) is 39.1 Å². The molecule has 0 aliphatic carbocycles. The first-order chi connectivity index (χ1) is 12.5. The number of carbonyl (C=O) groups excluding carboxylic acids is 1. The van der Waals surface area contributed by atoms with E-state index in [0.29, 0.717) is 36.8 Å². The zero-order chi connectivity index (χ0) is 18.7. The van der Waals surface area contributed by atoms with Crippen molar-refractivity contribution >= 4 is 11.9 Å². The quantitative estimate of drug-likeness (QED) is 0.795. The predicted molar refractivity (Wildman–Crippen MR) is 96.7 cm³/mol. The van der Waals surface area contributed by atoms with E-state index in [2.05, 4.69) is 20.4 Å². The fraction of sp³-hybridized carbons (Fsp3) is 0.529. The van der Waals surface area contributed by atoms with Gasteiger partial charge >= 0.3 is 0 Å². The number of aryl methyl sites for hydroxylation is 1. The van der Waals surface area contributed by atoms with Crippen LogP contribution in [0.15, 0.2) is 18.5 Å². The van der Waals surface area contributed by atoms with E-state index in [1.807, 2.05) is 29.7 Å². The van der Waals surface area contributed by atoms with Gasteiger partial charge in [0.15, 0.2) is 0 Å². The molecule has 1 amide bonds. The summed E-state index contributed by atoms with van der Waals surface area (Å²) < 4.78 is 1.89. The Labute approximate surface area is 152 Å². The van der Waals surface area contributed by atoms with E-state index in [9.17, 15) is 9.90 Å². The summed E-state index contributed by atoms with van der Waals surface area (Å²) in [5.41, 5.74) is 2.03. The van der Waals surface area contributed by atoms with Crippen LogP contribution in [0.1, 0.15) is 34.3 Å². The Morgan fingerprint density at radius 1 is 1.35 bits per heavy atom. The number of fused-ring (bicyclic) bond motifs is 1. The molecule has 2 aromatic heterocycles. The highest BCUT2D eigenvalue weighted by atomic mass is 16.3. The number of nitrogens with zero attached hydrogens (tertiary/aromatic N) is 6. The van der Waals surface area contributed by atoms with Crippen molar-refractivity contribution in [3.63, 3.8) is 0 Å². The molecule has 0 unspecified atom stereocenters. The molecule has 0 aromatic carbocycles. The van der Waals surface area contributed by atoms with Crippen LogP contribution in [0.5, 0.6) is 0 Å². The molecule has 1 aliphatic heterocycles. The second kappa shape index (κ2) is 7.79. The molecule has 3 rings (SSSR count). The van der Waals surface area contributed by atoms with Gasteiger partial charge in [-0.15, -0.1) is 0 Å². The lowest BCUT2D eigenvalue weighted by atomic mass is 10.2. The number of carbonyl (C=O) groups is 1. The molecule has 0 bridgehead atoms. The van der Waals surface area contributed by atoms with Gasteiger partial charge in [-0.2, -0.15) is 5.10 Å². The number of aromatic nitrogens is 4. The maximum atomic E-state index is 12.8. The van der Waals surface area contributed by atoms with E-state index in [0.717, 1.165) is 18.7 Å². The van der Waals surface area contributed by atoms with Crippen molar-refractivity contribution in [3.05, 3.63) is 35.4 Å². The molecule has 2 aromatic rings. The van der Waals surface area contributed by atoms with Crippen molar-refractivity contribution in [1.82, 2.24) is 29.5 Å². The first-order valence-electron chi connectivity index (χ1n) is 8.66. The minimum absolute atomic E-state index is 0.0994. The molecule has 140 valence electrons. The minimum Gasteiger partial charge on any atom is -0.385 e. The van der Waals surface area contributed by atoms with E-state index >= 15 is 0 Å². The van der Waals surface area contributed by atoms with E-state index in [4.69, 9.17) is 0 Å². The molecular formula is C17H25N7O2. The summed E-state index contributed by atoms with van der Waals surface area (Å²) >= 11 is 0. The average molecular weight is 359 g/mol. The zero-order valence-corrected chi connectivity index (χ0v) is 15.4. The molecule has 0 spiro atoms.